The van der Waals surface area contributed by atoms with Gasteiger partial charge in [-0.05, 0) is 33.9 Å². The fourth-order valence-corrected chi connectivity index (χ4v) is 1.52. The van der Waals surface area contributed by atoms with Crippen molar-refractivity contribution >= 4 is 7.12 Å². The summed E-state index contributed by atoms with van der Waals surface area (Å²) >= 11 is 0. The van der Waals surface area contributed by atoms with Gasteiger partial charge in [0.1, 0.15) is 0 Å². The lowest BCUT2D eigenvalue weighted by atomic mass is 9.60. The molecule has 1 saturated heterocycles. The van der Waals surface area contributed by atoms with Crippen molar-refractivity contribution in [3.8, 4) is 0 Å². The standard InChI is InChI=1S/C12H24BNO2/c1-10(2,8-9-14-7)13-15-11(3,4)12(5,6)16-13/h8-9,14H,1-7H3/b9-8-. The second-order valence-corrected chi connectivity index (χ2v) is 6.03. The third-order valence-corrected chi connectivity index (χ3v) is 3.54. The molecule has 0 aromatic heterocycles. The molecule has 1 N–H and O–H groups in total. The van der Waals surface area contributed by atoms with Crippen LogP contribution in [0.2, 0.25) is 5.31 Å². The van der Waals surface area contributed by atoms with Crippen molar-refractivity contribution in [1.82, 2.24) is 5.32 Å². The summed E-state index contributed by atoms with van der Waals surface area (Å²) in [6.07, 6.45) is 4.00. The number of nitrogens with one attached hydrogen (secondary N) is 1. The summed E-state index contributed by atoms with van der Waals surface area (Å²) in [5, 5.41) is 2.85. The van der Waals surface area contributed by atoms with Gasteiger partial charge >= 0.3 is 7.12 Å². The molecule has 0 aromatic rings. The zero-order valence-electron chi connectivity index (χ0n) is 11.5. The Bertz CT molecular complexity index is 269. The van der Waals surface area contributed by atoms with Crippen LogP contribution in [0.25, 0.3) is 0 Å². The highest BCUT2D eigenvalue weighted by Gasteiger charge is 2.55. The van der Waals surface area contributed by atoms with Gasteiger partial charge in [-0.25, -0.2) is 0 Å². The third-order valence-electron chi connectivity index (χ3n) is 3.54. The Labute approximate surface area is 99.7 Å². The quantitative estimate of drug-likeness (QED) is 0.749. The highest BCUT2D eigenvalue weighted by molar-refractivity contribution is 6.50. The Morgan fingerprint density at radius 1 is 1.06 bits per heavy atom. The van der Waals surface area contributed by atoms with Crippen molar-refractivity contribution in [2.75, 3.05) is 7.05 Å². The van der Waals surface area contributed by atoms with E-state index in [0.29, 0.717) is 0 Å². The van der Waals surface area contributed by atoms with E-state index in [0.717, 1.165) is 0 Å². The van der Waals surface area contributed by atoms with Crippen LogP contribution in [0.1, 0.15) is 41.5 Å². The van der Waals surface area contributed by atoms with E-state index in [4.69, 9.17) is 9.31 Å². The molecule has 0 aliphatic carbocycles. The topological polar surface area (TPSA) is 30.5 Å². The molecule has 0 unspecified atom stereocenters. The highest BCUT2D eigenvalue weighted by Crippen LogP contribution is 2.45. The molecule has 16 heavy (non-hydrogen) atoms. The van der Waals surface area contributed by atoms with Crippen molar-refractivity contribution in [3.05, 3.63) is 12.3 Å². The van der Waals surface area contributed by atoms with Crippen LogP contribution in [0.4, 0.5) is 0 Å². The van der Waals surface area contributed by atoms with Gasteiger partial charge in [0, 0.05) is 12.4 Å². The Morgan fingerprint density at radius 3 is 1.88 bits per heavy atom. The van der Waals surface area contributed by atoms with Gasteiger partial charge in [0.25, 0.3) is 0 Å². The molecule has 1 aliphatic heterocycles. The van der Waals surface area contributed by atoms with E-state index >= 15 is 0 Å². The molecular weight excluding hydrogens is 201 g/mol. The van der Waals surface area contributed by atoms with E-state index in [1.165, 1.54) is 0 Å². The highest BCUT2D eigenvalue weighted by atomic mass is 16.7. The molecule has 0 atom stereocenters. The van der Waals surface area contributed by atoms with Gasteiger partial charge in [0.05, 0.1) is 11.2 Å². The molecule has 0 radical (unpaired) electrons. The first-order valence-electron chi connectivity index (χ1n) is 5.83. The maximum atomic E-state index is 6.02. The summed E-state index contributed by atoms with van der Waals surface area (Å²) in [7, 11) is 1.68. The Hall–Kier alpha value is -0.475. The molecule has 0 spiro atoms. The molecule has 4 heteroatoms. The van der Waals surface area contributed by atoms with Crippen LogP contribution in [-0.2, 0) is 9.31 Å². The van der Waals surface area contributed by atoms with E-state index < -0.39 is 0 Å². The molecule has 0 amide bonds. The van der Waals surface area contributed by atoms with Crippen LogP contribution in [0.5, 0.6) is 0 Å². The smallest absolute Gasteiger partial charge is 0.403 e. The van der Waals surface area contributed by atoms with E-state index in [-0.39, 0.29) is 23.6 Å². The van der Waals surface area contributed by atoms with Gasteiger partial charge in [-0.15, -0.1) is 0 Å². The lowest BCUT2D eigenvalue weighted by Crippen LogP contribution is -2.41. The number of hydrogen-bond acceptors (Lipinski definition) is 3. The fraction of sp³-hybridized carbons (Fsp3) is 0.833. The van der Waals surface area contributed by atoms with Crippen LogP contribution in [0.15, 0.2) is 12.3 Å². The van der Waals surface area contributed by atoms with E-state index in [2.05, 4.69) is 52.9 Å². The second-order valence-electron chi connectivity index (χ2n) is 6.03. The number of hydrogen-bond donors (Lipinski definition) is 1. The zero-order valence-corrected chi connectivity index (χ0v) is 11.5. The first-order valence-corrected chi connectivity index (χ1v) is 5.83. The maximum absolute atomic E-state index is 6.02. The summed E-state index contributed by atoms with van der Waals surface area (Å²) in [5.41, 5.74) is -0.523. The number of rotatable bonds is 3. The van der Waals surface area contributed by atoms with Gasteiger partial charge in [0.2, 0.25) is 0 Å². The minimum atomic E-state index is -0.261. The van der Waals surface area contributed by atoms with Crippen LogP contribution in [0, 0.1) is 0 Å². The first-order chi connectivity index (χ1) is 7.12. The van der Waals surface area contributed by atoms with E-state index in [1.807, 2.05) is 13.2 Å². The number of allylic oxidation sites excluding steroid dienone is 1. The summed E-state index contributed by atoms with van der Waals surface area (Å²) < 4.78 is 12.0. The zero-order chi connectivity index (χ0) is 12.6. The van der Waals surface area contributed by atoms with Gasteiger partial charge in [-0.2, -0.15) is 0 Å². The van der Waals surface area contributed by atoms with Gasteiger partial charge in [-0.3, -0.25) is 0 Å². The minimum absolute atomic E-state index is 0.145. The molecule has 1 fully saturated rings. The van der Waals surface area contributed by atoms with Crippen LogP contribution < -0.4 is 5.32 Å². The molecule has 0 aromatic carbocycles. The van der Waals surface area contributed by atoms with Crippen molar-refractivity contribution in [2.24, 2.45) is 0 Å². The summed E-state index contributed by atoms with van der Waals surface area (Å²) in [4.78, 5) is 0. The van der Waals surface area contributed by atoms with Crippen molar-refractivity contribution in [3.63, 3.8) is 0 Å². The SMILES string of the molecule is CN/C=C\C(C)(C)B1OC(C)(C)C(C)(C)O1. The average Bonchev–Trinajstić information content (AvgIpc) is 2.34. The Kier molecular flexibility index (Phi) is 3.46. The molecule has 0 saturated carbocycles. The molecule has 92 valence electrons. The van der Waals surface area contributed by atoms with Crippen molar-refractivity contribution in [2.45, 2.75) is 58.1 Å². The van der Waals surface area contributed by atoms with E-state index in [9.17, 15) is 0 Å². The normalized spacial score (nSPS) is 24.1. The monoisotopic (exact) mass is 225 g/mol. The van der Waals surface area contributed by atoms with Crippen LogP contribution in [0.3, 0.4) is 0 Å². The summed E-state index contributed by atoms with van der Waals surface area (Å²) in [6.45, 7) is 12.5. The predicted octanol–water partition coefficient (Wildman–Crippen LogP) is 2.59. The van der Waals surface area contributed by atoms with Crippen LogP contribution in [-0.4, -0.2) is 25.4 Å². The predicted molar refractivity (Wildman–Crippen MR) is 68.3 cm³/mol. The third kappa shape index (κ3) is 2.43. The Balaban J connectivity index is 2.83. The minimum Gasteiger partial charge on any atom is -0.403 e. The Morgan fingerprint density at radius 2 is 1.50 bits per heavy atom. The summed E-state index contributed by atoms with van der Waals surface area (Å²) in [6, 6.07) is 0. The maximum Gasteiger partial charge on any atom is 0.468 e. The summed E-state index contributed by atoms with van der Waals surface area (Å²) in [5.74, 6) is 0. The molecule has 1 heterocycles. The fourth-order valence-electron chi connectivity index (χ4n) is 1.52. The van der Waals surface area contributed by atoms with Crippen molar-refractivity contribution < 1.29 is 9.31 Å². The molecule has 1 rings (SSSR count). The molecule has 0 bridgehead atoms. The molecular formula is C12H24BNO2. The molecule has 1 aliphatic rings. The largest absolute Gasteiger partial charge is 0.468 e. The van der Waals surface area contributed by atoms with Gasteiger partial charge < -0.3 is 14.6 Å². The van der Waals surface area contributed by atoms with Crippen LogP contribution >= 0.6 is 0 Å². The molecule has 3 nitrogen and oxygen atoms in total. The lowest BCUT2D eigenvalue weighted by Gasteiger charge is -2.32. The lowest BCUT2D eigenvalue weighted by molar-refractivity contribution is 0.00578. The van der Waals surface area contributed by atoms with E-state index in [1.54, 1.807) is 0 Å². The van der Waals surface area contributed by atoms with Crippen molar-refractivity contribution in [1.29, 1.82) is 0 Å². The van der Waals surface area contributed by atoms with Gasteiger partial charge in [-0.1, -0.05) is 19.9 Å². The van der Waals surface area contributed by atoms with Gasteiger partial charge in [0.15, 0.2) is 0 Å². The second kappa shape index (κ2) is 4.08. The average molecular weight is 225 g/mol. The first kappa shape index (κ1) is 13.6.